The van der Waals surface area contributed by atoms with Crippen LogP contribution in [0.15, 0.2) is 78.9 Å². The molecule has 0 aliphatic carbocycles. The zero-order valence-electron chi connectivity index (χ0n) is 21.0. The SMILES string of the molecule is CC(C)(C)N(C(=O)OCc1ccccc1)[C@@H](Cc1ccc(O)cc1)C(=O)OCc1ccc([N+](=O)[O-])cc1. The van der Waals surface area contributed by atoms with Crippen LogP contribution in [0.2, 0.25) is 0 Å². The van der Waals surface area contributed by atoms with Crippen molar-refractivity contribution in [2.75, 3.05) is 0 Å². The molecule has 3 aromatic carbocycles. The second-order valence-electron chi connectivity index (χ2n) is 9.50. The van der Waals surface area contributed by atoms with Gasteiger partial charge in [-0.15, -0.1) is 0 Å². The van der Waals surface area contributed by atoms with Crippen LogP contribution in [0.5, 0.6) is 5.75 Å². The number of rotatable bonds is 9. The number of aromatic hydroxyl groups is 1. The van der Waals surface area contributed by atoms with E-state index in [9.17, 15) is 24.8 Å². The van der Waals surface area contributed by atoms with E-state index in [2.05, 4.69) is 0 Å². The number of esters is 1. The van der Waals surface area contributed by atoms with Gasteiger partial charge in [0.25, 0.3) is 5.69 Å². The lowest BCUT2D eigenvalue weighted by Gasteiger charge is -2.39. The fourth-order valence-corrected chi connectivity index (χ4v) is 3.76. The molecule has 9 nitrogen and oxygen atoms in total. The van der Waals surface area contributed by atoms with Gasteiger partial charge in [-0.2, -0.15) is 0 Å². The van der Waals surface area contributed by atoms with E-state index >= 15 is 0 Å². The Hall–Kier alpha value is -4.40. The van der Waals surface area contributed by atoms with Crippen molar-refractivity contribution >= 4 is 17.7 Å². The highest BCUT2D eigenvalue weighted by atomic mass is 16.6. The lowest BCUT2D eigenvalue weighted by molar-refractivity contribution is -0.384. The van der Waals surface area contributed by atoms with Gasteiger partial charge in [0.1, 0.15) is 25.0 Å². The minimum absolute atomic E-state index is 0.0377. The molecular formula is C28H30N2O7. The number of carbonyl (C=O) groups is 2. The third-order valence-electron chi connectivity index (χ3n) is 5.60. The zero-order chi connectivity index (χ0) is 27.0. The van der Waals surface area contributed by atoms with Crippen molar-refractivity contribution in [1.82, 2.24) is 4.90 Å². The fraction of sp³-hybridized carbons (Fsp3) is 0.286. The van der Waals surface area contributed by atoms with E-state index in [1.807, 2.05) is 30.3 Å². The van der Waals surface area contributed by atoms with Crippen LogP contribution in [0.25, 0.3) is 0 Å². The summed E-state index contributed by atoms with van der Waals surface area (Å²) in [6, 6.07) is 20.2. The minimum atomic E-state index is -1.04. The zero-order valence-corrected chi connectivity index (χ0v) is 21.0. The highest BCUT2D eigenvalue weighted by Gasteiger charge is 2.39. The van der Waals surface area contributed by atoms with Crippen LogP contribution in [0, 0.1) is 10.1 Å². The summed E-state index contributed by atoms with van der Waals surface area (Å²) in [6.07, 6.45) is -0.552. The van der Waals surface area contributed by atoms with E-state index in [4.69, 9.17) is 9.47 Å². The van der Waals surface area contributed by atoms with Gasteiger partial charge in [0.2, 0.25) is 0 Å². The van der Waals surface area contributed by atoms with Gasteiger partial charge in [0.05, 0.1) is 4.92 Å². The van der Waals surface area contributed by atoms with E-state index in [1.54, 1.807) is 32.9 Å². The Bertz CT molecular complexity index is 1200. The predicted molar refractivity (Wildman–Crippen MR) is 137 cm³/mol. The summed E-state index contributed by atoms with van der Waals surface area (Å²) in [6.45, 7) is 5.30. The number of carbonyl (C=O) groups excluding carboxylic acids is 2. The Morgan fingerprint density at radius 2 is 1.41 bits per heavy atom. The number of hydrogen-bond donors (Lipinski definition) is 1. The van der Waals surface area contributed by atoms with E-state index in [0.717, 1.165) is 5.56 Å². The first-order valence-corrected chi connectivity index (χ1v) is 11.7. The van der Waals surface area contributed by atoms with Gasteiger partial charge in [0.15, 0.2) is 0 Å². The Balaban J connectivity index is 1.83. The molecule has 37 heavy (non-hydrogen) atoms. The molecule has 1 N–H and O–H groups in total. The van der Waals surface area contributed by atoms with Crippen LogP contribution in [0.1, 0.15) is 37.5 Å². The van der Waals surface area contributed by atoms with Gasteiger partial charge in [-0.1, -0.05) is 42.5 Å². The average Bonchev–Trinajstić information content (AvgIpc) is 2.87. The number of non-ortho nitro benzene ring substituents is 1. The molecule has 194 valence electrons. The normalized spacial score (nSPS) is 11.9. The summed E-state index contributed by atoms with van der Waals surface area (Å²) in [5.74, 6) is -0.575. The number of hydrogen-bond acceptors (Lipinski definition) is 7. The molecule has 3 rings (SSSR count). The Labute approximate surface area is 215 Å². The highest BCUT2D eigenvalue weighted by Crippen LogP contribution is 2.24. The number of ether oxygens (including phenoxy) is 2. The monoisotopic (exact) mass is 506 g/mol. The molecule has 0 spiro atoms. The van der Waals surface area contributed by atoms with Crippen molar-refractivity contribution in [3.63, 3.8) is 0 Å². The van der Waals surface area contributed by atoms with Crippen molar-refractivity contribution in [2.24, 2.45) is 0 Å². The summed E-state index contributed by atoms with van der Waals surface area (Å²) in [7, 11) is 0. The van der Waals surface area contributed by atoms with Gasteiger partial charge in [-0.05, 0) is 61.7 Å². The molecule has 0 fully saturated rings. The van der Waals surface area contributed by atoms with Crippen LogP contribution < -0.4 is 0 Å². The molecule has 3 aromatic rings. The Morgan fingerprint density at radius 1 is 0.865 bits per heavy atom. The van der Waals surface area contributed by atoms with Gasteiger partial charge in [-0.3, -0.25) is 15.0 Å². The third kappa shape index (κ3) is 7.79. The molecule has 1 atom stereocenters. The van der Waals surface area contributed by atoms with Gasteiger partial charge >= 0.3 is 12.1 Å². The first-order chi connectivity index (χ1) is 17.5. The van der Waals surface area contributed by atoms with E-state index in [-0.39, 0.29) is 31.1 Å². The van der Waals surface area contributed by atoms with Crippen LogP contribution in [0.4, 0.5) is 10.5 Å². The standard InChI is InChI=1S/C28H30N2O7/c1-28(2,3)29(27(33)37-19-21-7-5-4-6-8-21)25(17-20-11-15-24(31)16-12-20)26(32)36-18-22-9-13-23(14-10-22)30(34)35/h4-16,25,31H,17-19H2,1-3H3/t25-/m0/s1. The summed E-state index contributed by atoms with van der Waals surface area (Å²) in [4.78, 5) is 38.5. The molecule has 0 unspecified atom stereocenters. The summed E-state index contributed by atoms with van der Waals surface area (Å²) in [5.41, 5.74) is 1.21. The van der Waals surface area contributed by atoms with Crippen LogP contribution >= 0.6 is 0 Å². The summed E-state index contributed by atoms with van der Waals surface area (Å²) >= 11 is 0. The molecule has 0 aromatic heterocycles. The molecular weight excluding hydrogens is 476 g/mol. The largest absolute Gasteiger partial charge is 0.508 e. The van der Waals surface area contributed by atoms with Crippen molar-refractivity contribution in [2.45, 2.75) is 52.0 Å². The van der Waals surface area contributed by atoms with Gasteiger partial charge < -0.3 is 14.6 Å². The third-order valence-corrected chi connectivity index (χ3v) is 5.60. The molecule has 0 heterocycles. The quantitative estimate of drug-likeness (QED) is 0.235. The first kappa shape index (κ1) is 27.2. The Morgan fingerprint density at radius 3 is 1.97 bits per heavy atom. The van der Waals surface area contributed by atoms with E-state index < -0.39 is 28.6 Å². The molecule has 0 saturated heterocycles. The van der Waals surface area contributed by atoms with Crippen LogP contribution in [0.3, 0.4) is 0 Å². The summed E-state index contributed by atoms with van der Waals surface area (Å²) < 4.78 is 11.1. The van der Waals surface area contributed by atoms with E-state index in [1.165, 1.54) is 41.3 Å². The van der Waals surface area contributed by atoms with Crippen molar-refractivity contribution in [1.29, 1.82) is 0 Å². The lowest BCUT2D eigenvalue weighted by atomic mass is 9.98. The first-order valence-electron chi connectivity index (χ1n) is 11.7. The number of nitro benzene ring substituents is 1. The molecule has 0 aliphatic rings. The number of amides is 1. The molecule has 0 radical (unpaired) electrons. The molecule has 1 amide bonds. The van der Waals surface area contributed by atoms with Crippen LogP contribution in [-0.4, -0.2) is 38.6 Å². The molecule has 0 saturated carbocycles. The van der Waals surface area contributed by atoms with Gasteiger partial charge in [0, 0.05) is 24.1 Å². The number of benzene rings is 3. The maximum absolute atomic E-state index is 13.4. The number of phenolic OH excluding ortho intramolecular Hbond substituents is 1. The average molecular weight is 507 g/mol. The smallest absolute Gasteiger partial charge is 0.411 e. The lowest BCUT2D eigenvalue weighted by Crippen LogP contribution is -2.56. The van der Waals surface area contributed by atoms with Crippen molar-refractivity contribution < 1.29 is 29.1 Å². The Kier molecular flexibility index (Phi) is 8.84. The minimum Gasteiger partial charge on any atom is -0.508 e. The van der Waals surface area contributed by atoms with Crippen LogP contribution in [-0.2, 0) is 33.9 Å². The van der Waals surface area contributed by atoms with E-state index in [0.29, 0.717) is 11.1 Å². The maximum atomic E-state index is 13.4. The number of nitrogens with zero attached hydrogens (tertiary/aromatic N) is 2. The molecule has 0 bridgehead atoms. The maximum Gasteiger partial charge on any atom is 0.411 e. The fourth-order valence-electron chi connectivity index (χ4n) is 3.76. The molecule has 0 aliphatic heterocycles. The number of phenols is 1. The second-order valence-corrected chi connectivity index (χ2v) is 9.50. The van der Waals surface area contributed by atoms with Crippen molar-refractivity contribution in [3.8, 4) is 5.75 Å². The predicted octanol–water partition coefficient (Wildman–Crippen LogP) is 5.39. The summed E-state index contributed by atoms with van der Waals surface area (Å²) in [5, 5.41) is 20.5. The highest BCUT2D eigenvalue weighted by molar-refractivity contribution is 5.82. The molecule has 9 heteroatoms. The number of nitro groups is 1. The topological polar surface area (TPSA) is 119 Å². The van der Waals surface area contributed by atoms with Crippen molar-refractivity contribution in [3.05, 3.63) is 106 Å². The van der Waals surface area contributed by atoms with Gasteiger partial charge in [-0.25, -0.2) is 9.59 Å². The second kappa shape index (κ2) is 12.0.